The number of amides is 2. The van der Waals surface area contributed by atoms with Crippen LogP contribution in [0.2, 0.25) is 5.02 Å². The maximum Gasteiger partial charge on any atom is 0.255 e. The molecule has 0 fully saturated rings. The zero-order chi connectivity index (χ0) is 23.0. The summed E-state index contributed by atoms with van der Waals surface area (Å²) in [6.07, 6.45) is 0. The Balaban J connectivity index is 1.78. The molecular weight excluding hydrogens is 470 g/mol. The molecule has 0 spiro atoms. The van der Waals surface area contributed by atoms with Crippen molar-refractivity contribution in [3.8, 4) is 0 Å². The first-order valence-electron chi connectivity index (χ1n) is 9.65. The van der Waals surface area contributed by atoms with Crippen LogP contribution in [0.5, 0.6) is 0 Å². The lowest BCUT2D eigenvalue weighted by atomic mass is 10.0. The molecule has 0 bridgehead atoms. The first kappa shape index (κ1) is 22.5. The molecule has 10 heteroatoms. The topological polar surface area (TPSA) is 86.8 Å². The molecule has 0 saturated heterocycles. The first-order chi connectivity index (χ1) is 15.2. The van der Waals surface area contributed by atoms with E-state index < -0.39 is 16.1 Å². The van der Waals surface area contributed by atoms with Gasteiger partial charge in [0.05, 0.1) is 10.9 Å². The molecule has 4 rings (SSSR count). The molecule has 7 nitrogen and oxygen atoms in total. The number of fused-ring (bicyclic) bond motifs is 1. The van der Waals surface area contributed by atoms with Gasteiger partial charge in [-0.1, -0.05) is 17.7 Å². The molecule has 2 aromatic carbocycles. The van der Waals surface area contributed by atoms with Crippen molar-refractivity contribution in [3.05, 3.63) is 81.0 Å². The molecule has 1 unspecified atom stereocenters. The van der Waals surface area contributed by atoms with Crippen molar-refractivity contribution in [2.45, 2.75) is 10.9 Å². The Bertz CT molecular complexity index is 1270. The number of carbonyl (C=O) groups excluding carboxylic acids is 2. The van der Waals surface area contributed by atoms with E-state index >= 15 is 0 Å². The molecule has 2 heterocycles. The van der Waals surface area contributed by atoms with Crippen LogP contribution in [0.15, 0.2) is 64.9 Å². The molecule has 0 radical (unpaired) electrons. The number of hydrogen-bond acceptors (Lipinski definition) is 5. The van der Waals surface area contributed by atoms with Crippen LogP contribution in [-0.4, -0.2) is 50.1 Å². The van der Waals surface area contributed by atoms with Crippen molar-refractivity contribution in [2.24, 2.45) is 0 Å². The monoisotopic (exact) mass is 489 g/mol. The molecule has 1 N–H and O–H groups in total. The van der Waals surface area contributed by atoms with Gasteiger partial charge in [-0.15, -0.1) is 11.3 Å². The molecule has 0 saturated carbocycles. The van der Waals surface area contributed by atoms with Crippen LogP contribution in [0.1, 0.15) is 26.8 Å². The Morgan fingerprint density at radius 1 is 1.16 bits per heavy atom. The minimum atomic E-state index is -3.62. The van der Waals surface area contributed by atoms with Gasteiger partial charge in [0, 0.05) is 40.8 Å². The molecule has 32 heavy (non-hydrogen) atoms. The van der Waals surface area contributed by atoms with Crippen LogP contribution in [0, 0.1) is 0 Å². The molecule has 1 aliphatic heterocycles. The first-order valence-corrected chi connectivity index (χ1v) is 12.3. The highest BCUT2D eigenvalue weighted by atomic mass is 35.5. The fourth-order valence-corrected chi connectivity index (χ4v) is 5.50. The van der Waals surface area contributed by atoms with Crippen LogP contribution >= 0.6 is 22.9 Å². The summed E-state index contributed by atoms with van der Waals surface area (Å²) in [5.74, 6) is -0.715. The zero-order valence-corrected chi connectivity index (χ0v) is 19.7. The predicted molar refractivity (Wildman–Crippen MR) is 125 cm³/mol. The molecule has 1 aliphatic rings. The van der Waals surface area contributed by atoms with E-state index in [1.165, 1.54) is 54.6 Å². The number of carbonyl (C=O) groups is 2. The van der Waals surface area contributed by atoms with Gasteiger partial charge < -0.3 is 10.2 Å². The molecule has 2 amide bonds. The van der Waals surface area contributed by atoms with Crippen LogP contribution in [-0.2, 0) is 14.8 Å². The van der Waals surface area contributed by atoms with Gasteiger partial charge >= 0.3 is 0 Å². The molecule has 3 aromatic rings. The quantitative estimate of drug-likeness (QED) is 0.603. The summed E-state index contributed by atoms with van der Waals surface area (Å²) in [5, 5.41) is 5.25. The van der Waals surface area contributed by atoms with E-state index in [1.54, 1.807) is 18.2 Å². The largest absolute Gasteiger partial charge is 0.324 e. The maximum atomic E-state index is 13.6. The van der Waals surface area contributed by atoms with E-state index in [0.717, 1.165) is 9.18 Å². The van der Waals surface area contributed by atoms with E-state index in [1.807, 2.05) is 17.5 Å². The Kier molecular flexibility index (Phi) is 6.09. The molecule has 166 valence electrons. The van der Waals surface area contributed by atoms with Crippen molar-refractivity contribution < 1.29 is 18.0 Å². The number of sulfonamides is 1. The summed E-state index contributed by atoms with van der Waals surface area (Å²) in [7, 11) is -0.733. The number of benzene rings is 2. The highest BCUT2D eigenvalue weighted by Gasteiger charge is 2.34. The van der Waals surface area contributed by atoms with Crippen LogP contribution < -0.4 is 5.32 Å². The minimum Gasteiger partial charge on any atom is -0.324 e. The molecule has 0 aliphatic carbocycles. The minimum absolute atomic E-state index is 0.0830. The number of anilines is 1. The third-order valence-electron chi connectivity index (χ3n) is 5.16. The van der Waals surface area contributed by atoms with Gasteiger partial charge in [-0.25, -0.2) is 12.7 Å². The summed E-state index contributed by atoms with van der Waals surface area (Å²) in [4.78, 5) is 28.6. The number of thiophene rings is 1. The second-order valence-electron chi connectivity index (χ2n) is 7.44. The second-order valence-corrected chi connectivity index (χ2v) is 11.0. The molecule has 1 atom stereocenters. The summed E-state index contributed by atoms with van der Waals surface area (Å²) in [6.45, 7) is -0.161. The number of halogens is 1. The van der Waals surface area contributed by atoms with Gasteiger partial charge in [0.15, 0.2) is 0 Å². The summed E-state index contributed by atoms with van der Waals surface area (Å²) >= 11 is 7.72. The lowest BCUT2D eigenvalue weighted by Gasteiger charge is -2.29. The Morgan fingerprint density at radius 3 is 2.50 bits per heavy atom. The van der Waals surface area contributed by atoms with Crippen LogP contribution in [0.4, 0.5) is 5.69 Å². The average Bonchev–Trinajstić information content (AvgIpc) is 3.24. The summed E-state index contributed by atoms with van der Waals surface area (Å²) in [6, 6.07) is 14.1. The normalized spacial score (nSPS) is 16.4. The fourth-order valence-electron chi connectivity index (χ4n) is 3.57. The lowest BCUT2D eigenvalue weighted by molar-refractivity contribution is -0.117. The Labute approximate surface area is 195 Å². The summed E-state index contributed by atoms with van der Waals surface area (Å²) < 4.78 is 25.8. The second kappa shape index (κ2) is 8.67. The van der Waals surface area contributed by atoms with Crippen LogP contribution in [0.25, 0.3) is 0 Å². The molecular formula is C22H20ClN3O4S2. The van der Waals surface area contributed by atoms with E-state index in [4.69, 9.17) is 11.6 Å². The third kappa shape index (κ3) is 4.16. The van der Waals surface area contributed by atoms with E-state index in [9.17, 15) is 18.0 Å². The highest BCUT2D eigenvalue weighted by molar-refractivity contribution is 7.89. The van der Waals surface area contributed by atoms with Gasteiger partial charge in [0.25, 0.3) is 5.91 Å². The van der Waals surface area contributed by atoms with Gasteiger partial charge in [-0.05, 0) is 53.9 Å². The van der Waals surface area contributed by atoms with Crippen molar-refractivity contribution in [3.63, 3.8) is 0 Å². The zero-order valence-electron chi connectivity index (χ0n) is 17.3. The van der Waals surface area contributed by atoms with Gasteiger partial charge in [-0.3, -0.25) is 9.59 Å². The van der Waals surface area contributed by atoms with Crippen molar-refractivity contribution in [1.82, 2.24) is 9.21 Å². The van der Waals surface area contributed by atoms with E-state index in [2.05, 4.69) is 5.32 Å². The SMILES string of the molecule is CN(C)S(=O)(=O)c1ccc(C(=O)N2CC(=O)Nc3ccc(Cl)cc3C2c2cccs2)cc1. The van der Waals surface area contributed by atoms with Gasteiger partial charge in [0.2, 0.25) is 15.9 Å². The number of hydrogen-bond donors (Lipinski definition) is 1. The van der Waals surface area contributed by atoms with Crippen molar-refractivity contribution in [1.29, 1.82) is 0 Å². The fraction of sp³-hybridized carbons (Fsp3) is 0.182. The lowest BCUT2D eigenvalue weighted by Crippen LogP contribution is -2.38. The number of nitrogens with zero attached hydrogens (tertiary/aromatic N) is 2. The number of nitrogens with one attached hydrogen (secondary N) is 1. The highest BCUT2D eigenvalue weighted by Crippen LogP contribution is 2.39. The smallest absolute Gasteiger partial charge is 0.255 e. The van der Waals surface area contributed by atoms with Gasteiger partial charge in [0.1, 0.15) is 6.54 Å². The maximum absolute atomic E-state index is 13.6. The number of rotatable bonds is 4. The molecule has 1 aromatic heterocycles. The Hall–Kier alpha value is -2.72. The van der Waals surface area contributed by atoms with E-state index in [-0.39, 0.29) is 28.8 Å². The Morgan fingerprint density at radius 2 is 1.88 bits per heavy atom. The predicted octanol–water partition coefficient (Wildman–Crippen LogP) is 3.84. The van der Waals surface area contributed by atoms with E-state index in [0.29, 0.717) is 16.3 Å². The summed E-state index contributed by atoms with van der Waals surface area (Å²) in [5.41, 5.74) is 1.59. The average molecular weight is 490 g/mol. The van der Waals surface area contributed by atoms with Crippen molar-refractivity contribution in [2.75, 3.05) is 26.0 Å². The van der Waals surface area contributed by atoms with Crippen LogP contribution in [0.3, 0.4) is 0 Å². The van der Waals surface area contributed by atoms with Crippen molar-refractivity contribution >= 4 is 50.5 Å². The van der Waals surface area contributed by atoms with Gasteiger partial charge in [-0.2, -0.15) is 0 Å². The standard InChI is InChI=1S/C22H20ClN3O4S2/c1-25(2)32(29,30)16-8-5-14(6-9-16)22(28)26-13-20(27)24-18-10-7-15(23)12-17(18)21(26)19-4-3-11-31-19/h3-12,21H,13H2,1-2H3,(H,24,27). The third-order valence-corrected chi connectivity index (χ3v) is 8.15.